The number of halogens is 4. The monoisotopic (exact) mass is 571 g/mol. The van der Waals surface area contributed by atoms with Crippen molar-refractivity contribution in [1.29, 1.82) is 0 Å². The smallest absolute Gasteiger partial charge is 0.416 e. The molecule has 4 aromatic rings. The van der Waals surface area contributed by atoms with Crippen molar-refractivity contribution >= 4 is 34.3 Å². The summed E-state index contributed by atoms with van der Waals surface area (Å²) in [6.45, 7) is -0.324. The van der Waals surface area contributed by atoms with Crippen LogP contribution in [0.2, 0.25) is 5.02 Å². The number of amides is 1. The number of aliphatic hydroxyl groups excluding tert-OH is 1. The number of alkyl halides is 3. The van der Waals surface area contributed by atoms with Gasteiger partial charge < -0.3 is 23.9 Å². The number of carbonyl (C=O) groups excluding carboxylic acids is 2. The van der Waals surface area contributed by atoms with E-state index >= 15 is 0 Å². The lowest BCUT2D eigenvalue weighted by Gasteiger charge is -2.27. The van der Waals surface area contributed by atoms with Crippen LogP contribution in [0.4, 0.5) is 13.2 Å². The summed E-state index contributed by atoms with van der Waals surface area (Å²) >= 11 is 6.14. The zero-order valence-electron chi connectivity index (χ0n) is 21.1. The normalized spacial score (nSPS) is 15.7. The summed E-state index contributed by atoms with van der Waals surface area (Å²) in [4.78, 5) is 28.3. The van der Waals surface area contributed by atoms with Gasteiger partial charge in [-0.15, -0.1) is 0 Å². The fraction of sp³-hybridized carbons (Fsp3) is 0.172. The lowest BCUT2D eigenvalue weighted by atomic mass is 9.94. The van der Waals surface area contributed by atoms with Crippen LogP contribution in [-0.4, -0.2) is 35.9 Å². The topological polar surface area (TPSA) is 89.2 Å². The summed E-state index contributed by atoms with van der Waals surface area (Å²) in [5.74, 6) is -2.07. The van der Waals surface area contributed by atoms with Crippen molar-refractivity contribution in [2.75, 3.05) is 14.2 Å². The van der Waals surface area contributed by atoms with Crippen LogP contribution in [0.25, 0.3) is 11.0 Å². The molecular weight excluding hydrogens is 551 g/mol. The van der Waals surface area contributed by atoms with Gasteiger partial charge in [0.1, 0.15) is 5.75 Å². The zero-order valence-corrected chi connectivity index (χ0v) is 21.8. The highest BCUT2D eigenvalue weighted by Crippen LogP contribution is 2.42. The average molecular weight is 572 g/mol. The second kappa shape index (κ2) is 10.3. The fourth-order valence-electron chi connectivity index (χ4n) is 4.73. The minimum atomic E-state index is -4.59. The number of nitrogens with zero attached hydrogens (tertiary/aromatic N) is 1. The molecule has 0 saturated heterocycles. The van der Waals surface area contributed by atoms with Gasteiger partial charge in [-0.1, -0.05) is 35.9 Å². The molecule has 206 valence electrons. The van der Waals surface area contributed by atoms with E-state index < -0.39 is 35.2 Å². The van der Waals surface area contributed by atoms with Crippen LogP contribution in [0, 0.1) is 0 Å². The van der Waals surface area contributed by atoms with E-state index in [4.69, 9.17) is 25.5 Å². The van der Waals surface area contributed by atoms with Crippen molar-refractivity contribution in [1.82, 2.24) is 4.90 Å². The second-order valence-corrected chi connectivity index (χ2v) is 9.48. The van der Waals surface area contributed by atoms with Gasteiger partial charge in [0.25, 0.3) is 5.91 Å². The molecule has 7 nitrogen and oxygen atoms in total. The number of furan rings is 1. The third-order valence-electron chi connectivity index (χ3n) is 6.56. The van der Waals surface area contributed by atoms with E-state index in [0.717, 1.165) is 17.0 Å². The van der Waals surface area contributed by atoms with Gasteiger partial charge in [0, 0.05) is 23.0 Å². The van der Waals surface area contributed by atoms with E-state index in [1.165, 1.54) is 38.5 Å². The van der Waals surface area contributed by atoms with E-state index in [-0.39, 0.29) is 34.8 Å². The van der Waals surface area contributed by atoms with Gasteiger partial charge in [0.05, 0.1) is 31.4 Å². The van der Waals surface area contributed by atoms with E-state index in [2.05, 4.69) is 0 Å². The highest BCUT2D eigenvalue weighted by Gasteiger charge is 2.45. The number of fused-ring (bicyclic) bond motifs is 1. The summed E-state index contributed by atoms with van der Waals surface area (Å²) in [7, 11) is 2.84. The molecule has 2 heterocycles. The second-order valence-electron chi connectivity index (χ2n) is 9.04. The maximum Gasteiger partial charge on any atom is 0.416 e. The number of Topliss-reactive ketones (excluding diaryl/α,β-unsaturated/α-hetero) is 1. The van der Waals surface area contributed by atoms with Crippen LogP contribution in [-0.2, 0) is 17.5 Å². The Bertz CT molecular complexity index is 1680. The number of hydrogen-bond donors (Lipinski definition) is 1. The van der Waals surface area contributed by atoms with Crippen LogP contribution in [0.5, 0.6) is 11.5 Å². The number of hydrogen-bond acceptors (Lipinski definition) is 6. The largest absolute Gasteiger partial charge is 0.503 e. The van der Waals surface area contributed by atoms with Gasteiger partial charge in [-0.3, -0.25) is 9.59 Å². The van der Waals surface area contributed by atoms with Crippen LogP contribution in [0.3, 0.4) is 0 Å². The van der Waals surface area contributed by atoms with Gasteiger partial charge >= 0.3 is 6.18 Å². The number of carbonyl (C=O) groups is 2. The van der Waals surface area contributed by atoms with Crippen molar-refractivity contribution in [3.63, 3.8) is 0 Å². The molecule has 3 aromatic carbocycles. The summed E-state index contributed by atoms with van der Waals surface area (Å²) in [6.07, 6.45) is -4.59. The zero-order chi connectivity index (χ0) is 28.8. The Morgan fingerprint density at radius 3 is 2.50 bits per heavy atom. The van der Waals surface area contributed by atoms with Crippen molar-refractivity contribution in [3.8, 4) is 11.5 Å². The number of benzene rings is 3. The Hall–Kier alpha value is -4.44. The molecule has 1 aromatic heterocycles. The fourth-order valence-corrected chi connectivity index (χ4v) is 4.95. The molecule has 0 radical (unpaired) electrons. The van der Waals surface area contributed by atoms with Gasteiger partial charge in [0.2, 0.25) is 5.78 Å². The van der Waals surface area contributed by atoms with Crippen molar-refractivity contribution in [2.24, 2.45) is 0 Å². The highest BCUT2D eigenvalue weighted by atomic mass is 35.5. The van der Waals surface area contributed by atoms with Crippen molar-refractivity contribution in [2.45, 2.75) is 18.8 Å². The van der Waals surface area contributed by atoms with E-state index in [9.17, 15) is 27.9 Å². The molecule has 1 N–H and O–H groups in total. The number of methoxy groups -OCH3 is 2. The predicted molar refractivity (Wildman–Crippen MR) is 139 cm³/mol. The van der Waals surface area contributed by atoms with Crippen molar-refractivity contribution in [3.05, 3.63) is 106 Å². The van der Waals surface area contributed by atoms with Gasteiger partial charge in [0.15, 0.2) is 22.9 Å². The molecule has 0 bridgehead atoms. The summed E-state index contributed by atoms with van der Waals surface area (Å²) in [5, 5.41) is 11.8. The maximum atomic E-state index is 13.8. The molecule has 1 unspecified atom stereocenters. The Labute approximate surface area is 231 Å². The number of ketones is 1. The third kappa shape index (κ3) is 4.86. The average Bonchev–Trinajstić information content (AvgIpc) is 3.46. The number of aliphatic hydroxyl groups is 1. The van der Waals surface area contributed by atoms with Crippen LogP contribution >= 0.6 is 11.6 Å². The highest BCUT2D eigenvalue weighted by molar-refractivity contribution is 6.31. The van der Waals surface area contributed by atoms with Gasteiger partial charge in [-0.2, -0.15) is 13.2 Å². The van der Waals surface area contributed by atoms with Crippen LogP contribution in [0.15, 0.2) is 82.5 Å². The molecule has 1 atom stereocenters. The lowest BCUT2D eigenvalue weighted by molar-refractivity contribution is -0.137. The number of rotatable bonds is 7. The first kappa shape index (κ1) is 27.1. The molecule has 1 aliphatic rings. The molecule has 0 aliphatic carbocycles. The Morgan fingerprint density at radius 2 is 1.80 bits per heavy atom. The van der Waals surface area contributed by atoms with E-state index in [0.29, 0.717) is 21.7 Å². The molecule has 1 amide bonds. The minimum Gasteiger partial charge on any atom is -0.503 e. The molecule has 0 fully saturated rings. The SMILES string of the molecule is COc1cccc(C2C(C(=O)c3cc4cc(Cl)cc(OC)c4o3)=C(O)C(=O)N2Cc2cccc(C(F)(F)F)c2)c1. The molecule has 5 rings (SSSR count). The summed E-state index contributed by atoms with van der Waals surface area (Å²) < 4.78 is 56.4. The van der Waals surface area contributed by atoms with Crippen molar-refractivity contribution < 1.29 is 41.8 Å². The third-order valence-corrected chi connectivity index (χ3v) is 6.77. The summed E-state index contributed by atoms with van der Waals surface area (Å²) in [5.41, 5.74) is -0.407. The first-order valence-corrected chi connectivity index (χ1v) is 12.3. The summed E-state index contributed by atoms with van der Waals surface area (Å²) in [6, 6.07) is 14.3. The Kier molecular flexibility index (Phi) is 6.97. The van der Waals surface area contributed by atoms with Gasteiger partial charge in [-0.05, 0) is 47.5 Å². The molecular formula is C29H21ClF3NO6. The number of ether oxygens (including phenoxy) is 2. The standard InChI is InChI=1S/C29H21ClF3NO6/c1-38-20-8-4-6-16(11-20)24-23(25(35)21-12-17-10-19(30)13-22(39-2)27(17)40-21)26(36)28(37)34(24)14-15-5-3-7-18(9-15)29(31,32)33/h3-13,24,36H,14H2,1-2H3. The molecule has 11 heteroatoms. The van der Waals surface area contributed by atoms with E-state index in [1.807, 2.05) is 0 Å². The first-order valence-electron chi connectivity index (χ1n) is 11.9. The quantitative estimate of drug-likeness (QED) is 0.243. The molecule has 40 heavy (non-hydrogen) atoms. The minimum absolute atomic E-state index is 0.153. The van der Waals surface area contributed by atoms with Crippen LogP contribution in [0.1, 0.15) is 33.3 Å². The molecule has 0 saturated carbocycles. The molecule has 1 aliphatic heterocycles. The van der Waals surface area contributed by atoms with Gasteiger partial charge in [-0.25, -0.2) is 0 Å². The van der Waals surface area contributed by atoms with E-state index in [1.54, 1.807) is 30.3 Å². The van der Waals surface area contributed by atoms with Crippen LogP contribution < -0.4 is 9.47 Å². The maximum absolute atomic E-state index is 13.8. The Balaban J connectivity index is 1.61. The molecule has 0 spiro atoms. The Morgan fingerprint density at radius 1 is 1.05 bits per heavy atom. The predicted octanol–water partition coefficient (Wildman–Crippen LogP) is 6.90. The lowest BCUT2D eigenvalue weighted by Crippen LogP contribution is -2.30. The first-order chi connectivity index (χ1) is 19.0.